The fourth-order valence-electron chi connectivity index (χ4n) is 2.03. The molecule has 7 heteroatoms. The van der Waals surface area contributed by atoms with Crippen molar-refractivity contribution in [2.45, 2.75) is 26.3 Å². The Labute approximate surface area is 120 Å². The maximum atomic E-state index is 12.0. The van der Waals surface area contributed by atoms with Crippen LogP contribution in [-0.4, -0.2) is 50.5 Å². The number of hydrogen-bond donors (Lipinski definition) is 1. The zero-order valence-corrected chi connectivity index (χ0v) is 12.9. The van der Waals surface area contributed by atoms with Crippen LogP contribution in [0.2, 0.25) is 0 Å². The predicted octanol–water partition coefficient (Wildman–Crippen LogP) is 1.29. The molecular formula is C13H22N2O4S. The van der Waals surface area contributed by atoms with E-state index in [1.54, 1.807) is 19.3 Å². The van der Waals surface area contributed by atoms with Gasteiger partial charge in [-0.3, -0.25) is 0 Å². The fraction of sp³-hybridized carbons (Fsp3) is 0.615. The molecule has 0 aliphatic heterocycles. The summed E-state index contributed by atoms with van der Waals surface area (Å²) in [6, 6.07) is 3.04. The molecule has 1 rings (SSSR count). The molecule has 1 heterocycles. The summed E-state index contributed by atoms with van der Waals surface area (Å²) in [4.78, 5) is 13.5. The van der Waals surface area contributed by atoms with E-state index in [1.807, 2.05) is 13.0 Å². The van der Waals surface area contributed by atoms with Crippen LogP contribution in [0.25, 0.3) is 0 Å². The van der Waals surface area contributed by atoms with E-state index >= 15 is 0 Å². The Bertz CT molecular complexity index is 510. The van der Waals surface area contributed by atoms with Crippen LogP contribution in [0, 0.1) is 0 Å². The number of furan rings is 1. The van der Waals surface area contributed by atoms with Gasteiger partial charge in [-0.2, -0.15) is 0 Å². The van der Waals surface area contributed by atoms with Crippen LogP contribution in [-0.2, 0) is 16.3 Å². The van der Waals surface area contributed by atoms with Gasteiger partial charge in [-0.15, -0.1) is 0 Å². The molecule has 0 radical (unpaired) electrons. The molecular weight excluding hydrogens is 280 g/mol. The molecule has 1 atom stereocenters. The average Bonchev–Trinajstić information content (AvgIpc) is 2.80. The summed E-state index contributed by atoms with van der Waals surface area (Å²) in [6.07, 6.45) is 3.37. The van der Waals surface area contributed by atoms with Crippen molar-refractivity contribution in [3.05, 3.63) is 24.2 Å². The Morgan fingerprint density at radius 3 is 2.70 bits per heavy atom. The van der Waals surface area contributed by atoms with E-state index in [4.69, 9.17) is 4.42 Å². The Morgan fingerprint density at radius 1 is 1.50 bits per heavy atom. The summed E-state index contributed by atoms with van der Waals surface area (Å²) in [5, 5.41) is 2.77. The smallest absolute Gasteiger partial charge is 0.317 e. The molecule has 1 aromatic rings. The molecule has 1 N–H and O–H groups in total. The van der Waals surface area contributed by atoms with E-state index in [1.165, 1.54) is 11.2 Å². The molecule has 0 bridgehead atoms. The van der Waals surface area contributed by atoms with Crippen molar-refractivity contribution in [1.82, 2.24) is 10.2 Å². The SMILES string of the molecule is CCN(C(=O)NCCc1ccco1)C(C)CS(C)(=O)=O. The number of nitrogens with zero attached hydrogens (tertiary/aromatic N) is 1. The molecule has 0 spiro atoms. The van der Waals surface area contributed by atoms with Gasteiger partial charge in [0.25, 0.3) is 0 Å². The van der Waals surface area contributed by atoms with Gasteiger partial charge in [-0.05, 0) is 26.0 Å². The second kappa shape index (κ2) is 7.33. The molecule has 1 aromatic heterocycles. The van der Waals surface area contributed by atoms with Gasteiger partial charge in [0.05, 0.1) is 12.0 Å². The maximum Gasteiger partial charge on any atom is 0.317 e. The van der Waals surface area contributed by atoms with Crippen LogP contribution in [0.4, 0.5) is 4.79 Å². The lowest BCUT2D eigenvalue weighted by Crippen LogP contribution is -2.47. The quantitative estimate of drug-likeness (QED) is 0.823. The minimum atomic E-state index is -3.10. The molecule has 6 nitrogen and oxygen atoms in total. The number of carbonyl (C=O) groups is 1. The topological polar surface area (TPSA) is 79.6 Å². The molecule has 0 saturated carbocycles. The highest BCUT2D eigenvalue weighted by molar-refractivity contribution is 7.90. The van der Waals surface area contributed by atoms with Gasteiger partial charge >= 0.3 is 6.03 Å². The van der Waals surface area contributed by atoms with Crippen molar-refractivity contribution < 1.29 is 17.6 Å². The Hall–Kier alpha value is -1.50. The van der Waals surface area contributed by atoms with Gasteiger partial charge in [-0.25, -0.2) is 13.2 Å². The van der Waals surface area contributed by atoms with Gasteiger partial charge in [0.2, 0.25) is 0 Å². The van der Waals surface area contributed by atoms with Gasteiger partial charge in [0.1, 0.15) is 15.6 Å². The molecule has 0 saturated heterocycles. The lowest BCUT2D eigenvalue weighted by atomic mass is 10.3. The number of sulfone groups is 1. The van der Waals surface area contributed by atoms with Crippen LogP contribution in [0.1, 0.15) is 19.6 Å². The molecule has 1 unspecified atom stereocenters. The first kappa shape index (κ1) is 16.6. The Balaban J connectivity index is 2.45. The highest BCUT2D eigenvalue weighted by Gasteiger charge is 2.21. The highest BCUT2D eigenvalue weighted by Crippen LogP contribution is 2.04. The van der Waals surface area contributed by atoms with E-state index in [0.29, 0.717) is 19.5 Å². The molecule has 0 fully saturated rings. The highest BCUT2D eigenvalue weighted by atomic mass is 32.2. The maximum absolute atomic E-state index is 12.0. The van der Waals surface area contributed by atoms with Crippen molar-refractivity contribution >= 4 is 15.9 Å². The summed E-state index contributed by atoms with van der Waals surface area (Å²) in [6.45, 7) is 4.47. The predicted molar refractivity (Wildman–Crippen MR) is 77.4 cm³/mol. The van der Waals surface area contributed by atoms with Crippen molar-refractivity contribution in [1.29, 1.82) is 0 Å². The van der Waals surface area contributed by atoms with Crippen LogP contribution in [0.5, 0.6) is 0 Å². The van der Waals surface area contributed by atoms with Crippen LogP contribution in [0.15, 0.2) is 22.8 Å². The third kappa shape index (κ3) is 5.64. The number of urea groups is 1. The summed E-state index contributed by atoms with van der Waals surface area (Å²) in [7, 11) is -3.10. The van der Waals surface area contributed by atoms with Gasteiger partial charge < -0.3 is 14.6 Å². The van der Waals surface area contributed by atoms with Crippen molar-refractivity contribution in [3.8, 4) is 0 Å². The lowest BCUT2D eigenvalue weighted by Gasteiger charge is -2.27. The van der Waals surface area contributed by atoms with Gasteiger partial charge in [-0.1, -0.05) is 0 Å². The molecule has 20 heavy (non-hydrogen) atoms. The molecule has 0 aliphatic rings. The first-order valence-corrected chi connectivity index (χ1v) is 8.64. The molecule has 114 valence electrons. The van der Waals surface area contributed by atoms with Crippen molar-refractivity contribution in [3.63, 3.8) is 0 Å². The number of hydrogen-bond acceptors (Lipinski definition) is 4. The summed E-state index contributed by atoms with van der Waals surface area (Å²) < 4.78 is 27.7. The minimum absolute atomic E-state index is 0.0353. The zero-order valence-electron chi connectivity index (χ0n) is 12.1. The first-order valence-electron chi connectivity index (χ1n) is 6.58. The van der Waals surface area contributed by atoms with Gasteiger partial charge in [0, 0.05) is 31.8 Å². The largest absolute Gasteiger partial charge is 0.469 e. The number of carbonyl (C=O) groups excluding carboxylic acids is 1. The van der Waals surface area contributed by atoms with E-state index in [9.17, 15) is 13.2 Å². The van der Waals surface area contributed by atoms with E-state index in [2.05, 4.69) is 5.32 Å². The zero-order chi connectivity index (χ0) is 15.2. The standard InChI is InChI=1S/C13H22N2O4S/c1-4-15(11(2)10-20(3,17)18)13(16)14-8-7-12-6-5-9-19-12/h5-6,9,11H,4,7-8,10H2,1-3H3,(H,14,16). The Kier molecular flexibility index (Phi) is 6.06. The summed E-state index contributed by atoms with van der Waals surface area (Å²) in [5.41, 5.74) is 0. The first-order chi connectivity index (χ1) is 9.33. The second-order valence-electron chi connectivity index (χ2n) is 4.79. The van der Waals surface area contributed by atoms with E-state index < -0.39 is 9.84 Å². The number of amides is 2. The summed E-state index contributed by atoms with van der Waals surface area (Å²) in [5.74, 6) is 0.768. The summed E-state index contributed by atoms with van der Waals surface area (Å²) >= 11 is 0. The third-order valence-electron chi connectivity index (χ3n) is 2.91. The Morgan fingerprint density at radius 2 is 2.20 bits per heavy atom. The fourth-order valence-corrected chi connectivity index (χ4v) is 3.09. The van der Waals surface area contributed by atoms with E-state index in [0.717, 1.165) is 5.76 Å². The van der Waals surface area contributed by atoms with Gasteiger partial charge in [0.15, 0.2) is 0 Å². The lowest BCUT2D eigenvalue weighted by molar-refractivity contribution is 0.187. The third-order valence-corrected chi connectivity index (χ3v) is 3.99. The van der Waals surface area contributed by atoms with Crippen LogP contribution >= 0.6 is 0 Å². The average molecular weight is 302 g/mol. The van der Waals surface area contributed by atoms with Crippen molar-refractivity contribution in [2.24, 2.45) is 0 Å². The van der Waals surface area contributed by atoms with Crippen LogP contribution in [0.3, 0.4) is 0 Å². The van der Waals surface area contributed by atoms with E-state index in [-0.39, 0.29) is 17.8 Å². The minimum Gasteiger partial charge on any atom is -0.469 e. The number of nitrogens with one attached hydrogen (secondary N) is 1. The van der Waals surface area contributed by atoms with Crippen molar-refractivity contribution in [2.75, 3.05) is 25.1 Å². The van der Waals surface area contributed by atoms with Crippen LogP contribution < -0.4 is 5.32 Å². The molecule has 0 aromatic carbocycles. The molecule has 0 aliphatic carbocycles. The second-order valence-corrected chi connectivity index (χ2v) is 6.97. The normalized spacial score (nSPS) is 12.9. The molecule has 2 amide bonds. The monoisotopic (exact) mass is 302 g/mol. The number of rotatable bonds is 7.